The number of hydrogen-bond donors (Lipinski definition) is 2. The Bertz CT molecular complexity index is 699. The normalized spacial score (nSPS) is 16.9. The van der Waals surface area contributed by atoms with Gasteiger partial charge >= 0.3 is 5.97 Å². The number of esters is 1. The maximum absolute atomic E-state index is 12.8. The zero-order valence-electron chi connectivity index (χ0n) is 14.4. The number of nitrogens with one attached hydrogen (secondary N) is 1. The van der Waals surface area contributed by atoms with Gasteiger partial charge in [0.2, 0.25) is 0 Å². The molecule has 1 aliphatic rings. The second-order valence-electron chi connectivity index (χ2n) is 6.38. The summed E-state index contributed by atoms with van der Waals surface area (Å²) in [7, 11) is 0. The molecule has 1 aromatic carbocycles. The molecule has 0 amide bonds. The average Bonchev–Trinajstić information content (AvgIpc) is 3.03. The fourth-order valence-corrected chi connectivity index (χ4v) is 3.51. The molecule has 1 aliphatic carbocycles. The molecule has 0 aliphatic heterocycles. The predicted molar refractivity (Wildman–Crippen MR) is 96.3 cm³/mol. The lowest BCUT2D eigenvalue weighted by Gasteiger charge is -2.27. The summed E-state index contributed by atoms with van der Waals surface area (Å²) in [5.41, 5.74) is -0.0759. The molecule has 0 heterocycles. The standard InChI is InChI=1S/C19H22ClNO4/c1-12(21)17(13(2)22)16(23)11-25-18(24)19(9-3-4-10-19)14-5-7-15(20)8-6-14/h5-8,21,23H,3-4,9-11H2,1-2H3/b17-16-,21-12?. The zero-order chi connectivity index (χ0) is 18.6. The SMILES string of the molecule is CC(=N)/C(C(C)=O)=C(/O)COC(=O)C1(c2ccc(Cl)cc2)CCCC1. The van der Waals surface area contributed by atoms with Crippen LogP contribution in [0, 0.1) is 5.41 Å². The molecule has 5 nitrogen and oxygen atoms in total. The van der Waals surface area contributed by atoms with Crippen LogP contribution in [0.15, 0.2) is 35.6 Å². The summed E-state index contributed by atoms with van der Waals surface area (Å²) in [6.07, 6.45) is 3.16. The van der Waals surface area contributed by atoms with Crippen molar-refractivity contribution in [1.82, 2.24) is 0 Å². The Morgan fingerprint density at radius 2 is 1.76 bits per heavy atom. The van der Waals surface area contributed by atoms with Crippen molar-refractivity contribution in [2.24, 2.45) is 0 Å². The largest absolute Gasteiger partial charge is 0.508 e. The van der Waals surface area contributed by atoms with Crippen molar-refractivity contribution < 1.29 is 19.4 Å². The zero-order valence-corrected chi connectivity index (χ0v) is 15.2. The van der Waals surface area contributed by atoms with E-state index in [-0.39, 0.29) is 11.3 Å². The minimum absolute atomic E-state index is 0.0608. The van der Waals surface area contributed by atoms with Gasteiger partial charge in [0.25, 0.3) is 0 Å². The lowest BCUT2D eigenvalue weighted by atomic mass is 9.79. The number of carbonyl (C=O) groups excluding carboxylic acids is 2. The maximum atomic E-state index is 12.8. The van der Waals surface area contributed by atoms with Gasteiger partial charge in [0.05, 0.1) is 11.0 Å². The van der Waals surface area contributed by atoms with Gasteiger partial charge in [0, 0.05) is 10.7 Å². The summed E-state index contributed by atoms with van der Waals surface area (Å²) in [6, 6.07) is 7.14. The minimum Gasteiger partial charge on any atom is -0.508 e. The monoisotopic (exact) mass is 363 g/mol. The summed E-state index contributed by atoms with van der Waals surface area (Å²) < 4.78 is 5.33. The first-order valence-electron chi connectivity index (χ1n) is 8.20. The van der Waals surface area contributed by atoms with Crippen LogP contribution in [-0.2, 0) is 19.7 Å². The van der Waals surface area contributed by atoms with Gasteiger partial charge in [-0.2, -0.15) is 0 Å². The Morgan fingerprint density at radius 1 is 1.20 bits per heavy atom. The number of ether oxygens (including phenoxy) is 1. The molecule has 0 unspecified atom stereocenters. The van der Waals surface area contributed by atoms with E-state index in [9.17, 15) is 14.7 Å². The van der Waals surface area contributed by atoms with Gasteiger partial charge in [-0.25, -0.2) is 0 Å². The summed E-state index contributed by atoms with van der Waals surface area (Å²) in [4.78, 5) is 24.3. The topological polar surface area (TPSA) is 87.5 Å². The van der Waals surface area contributed by atoms with Gasteiger partial charge in [-0.3, -0.25) is 9.59 Å². The lowest BCUT2D eigenvalue weighted by Crippen LogP contribution is -2.35. The Balaban J connectivity index is 2.22. The van der Waals surface area contributed by atoms with E-state index in [1.54, 1.807) is 12.1 Å². The third-order valence-corrected chi connectivity index (χ3v) is 4.85. The third-order valence-electron chi connectivity index (χ3n) is 4.60. The van der Waals surface area contributed by atoms with E-state index in [2.05, 4.69) is 0 Å². The van der Waals surface area contributed by atoms with E-state index < -0.39 is 29.5 Å². The molecule has 0 radical (unpaired) electrons. The molecule has 25 heavy (non-hydrogen) atoms. The van der Waals surface area contributed by atoms with Crippen LogP contribution in [-0.4, -0.2) is 29.2 Å². The molecular weight excluding hydrogens is 342 g/mol. The van der Waals surface area contributed by atoms with Crippen LogP contribution in [0.3, 0.4) is 0 Å². The molecule has 1 fully saturated rings. The Labute approximate surface area is 152 Å². The fourth-order valence-electron chi connectivity index (χ4n) is 3.39. The van der Waals surface area contributed by atoms with Crippen molar-refractivity contribution in [3.8, 4) is 0 Å². The molecule has 134 valence electrons. The van der Waals surface area contributed by atoms with Gasteiger partial charge in [-0.15, -0.1) is 0 Å². The number of carbonyl (C=O) groups is 2. The van der Waals surface area contributed by atoms with Crippen LogP contribution in [0.4, 0.5) is 0 Å². The highest BCUT2D eigenvalue weighted by Gasteiger charge is 2.44. The van der Waals surface area contributed by atoms with Gasteiger partial charge in [0.1, 0.15) is 12.4 Å². The average molecular weight is 364 g/mol. The van der Waals surface area contributed by atoms with E-state index >= 15 is 0 Å². The number of hydrogen-bond acceptors (Lipinski definition) is 5. The van der Waals surface area contributed by atoms with Crippen molar-refractivity contribution in [3.05, 3.63) is 46.2 Å². The highest BCUT2D eigenvalue weighted by molar-refractivity contribution is 6.30. The molecule has 0 bridgehead atoms. The van der Waals surface area contributed by atoms with Crippen LogP contribution >= 0.6 is 11.6 Å². The quantitative estimate of drug-likeness (QED) is 0.344. The van der Waals surface area contributed by atoms with Crippen LogP contribution < -0.4 is 0 Å². The molecule has 6 heteroatoms. The second kappa shape index (κ2) is 7.83. The lowest BCUT2D eigenvalue weighted by molar-refractivity contribution is -0.150. The number of aliphatic hydroxyl groups excluding tert-OH is 1. The van der Waals surface area contributed by atoms with Gasteiger partial charge in [-0.1, -0.05) is 36.6 Å². The van der Waals surface area contributed by atoms with Crippen LogP contribution in [0.5, 0.6) is 0 Å². The molecule has 2 rings (SSSR count). The first-order chi connectivity index (χ1) is 11.8. The van der Waals surface area contributed by atoms with E-state index in [1.165, 1.54) is 13.8 Å². The van der Waals surface area contributed by atoms with Crippen LogP contribution in [0.2, 0.25) is 5.02 Å². The summed E-state index contributed by atoms with van der Waals surface area (Å²) >= 11 is 5.93. The van der Waals surface area contributed by atoms with Crippen molar-refractivity contribution in [2.75, 3.05) is 6.61 Å². The minimum atomic E-state index is -0.749. The molecule has 0 spiro atoms. The molecule has 1 aromatic rings. The number of ketones is 1. The summed E-state index contributed by atoms with van der Waals surface area (Å²) in [5, 5.41) is 18.2. The van der Waals surface area contributed by atoms with Crippen LogP contribution in [0.25, 0.3) is 0 Å². The molecule has 2 N–H and O–H groups in total. The van der Waals surface area contributed by atoms with Gasteiger partial charge in [-0.05, 0) is 44.4 Å². The number of benzene rings is 1. The van der Waals surface area contributed by atoms with Crippen molar-refractivity contribution in [1.29, 1.82) is 5.41 Å². The Kier molecular flexibility index (Phi) is 6.01. The van der Waals surface area contributed by atoms with Gasteiger partial charge in [0.15, 0.2) is 5.78 Å². The number of Topliss-reactive ketones (excluding diaryl/α,β-unsaturated/α-hetero) is 1. The third kappa shape index (κ3) is 4.10. The van der Waals surface area contributed by atoms with Gasteiger partial charge < -0.3 is 15.3 Å². The smallest absolute Gasteiger partial charge is 0.317 e. The predicted octanol–water partition coefficient (Wildman–Crippen LogP) is 4.14. The van der Waals surface area contributed by atoms with E-state index in [0.29, 0.717) is 17.9 Å². The fraction of sp³-hybridized carbons (Fsp3) is 0.421. The maximum Gasteiger partial charge on any atom is 0.317 e. The van der Waals surface area contributed by atoms with Crippen molar-refractivity contribution >= 4 is 29.1 Å². The van der Waals surface area contributed by atoms with E-state index in [4.69, 9.17) is 21.7 Å². The first kappa shape index (κ1) is 19.2. The number of aliphatic hydroxyl groups is 1. The number of rotatable bonds is 6. The molecule has 0 saturated heterocycles. The first-order valence-corrected chi connectivity index (χ1v) is 8.57. The molecule has 1 saturated carbocycles. The Morgan fingerprint density at radius 3 is 2.24 bits per heavy atom. The molecule has 0 atom stereocenters. The Hall–Kier alpha value is -2.14. The molecular formula is C19H22ClNO4. The highest BCUT2D eigenvalue weighted by atomic mass is 35.5. The second-order valence-corrected chi connectivity index (χ2v) is 6.81. The van der Waals surface area contributed by atoms with Crippen molar-refractivity contribution in [3.63, 3.8) is 0 Å². The number of halogens is 1. The number of allylic oxidation sites excluding steroid dienone is 1. The highest BCUT2D eigenvalue weighted by Crippen LogP contribution is 2.42. The summed E-state index contributed by atoms with van der Waals surface area (Å²) in [5.74, 6) is -1.25. The summed E-state index contributed by atoms with van der Waals surface area (Å²) in [6.45, 7) is 2.25. The van der Waals surface area contributed by atoms with Crippen molar-refractivity contribution in [2.45, 2.75) is 44.9 Å². The van der Waals surface area contributed by atoms with E-state index in [0.717, 1.165) is 18.4 Å². The molecule has 0 aromatic heterocycles. The van der Waals surface area contributed by atoms with Crippen LogP contribution in [0.1, 0.15) is 45.1 Å². The van der Waals surface area contributed by atoms with E-state index in [1.807, 2.05) is 12.1 Å².